The van der Waals surface area contributed by atoms with E-state index in [2.05, 4.69) is 15.7 Å². The van der Waals surface area contributed by atoms with Crippen molar-refractivity contribution in [1.29, 1.82) is 0 Å². The third-order valence-corrected chi connectivity index (χ3v) is 7.43. The molecule has 4 aromatic rings. The number of benzene rings is 3. The molecule has 5 rings (SSSR count). The molecule has 2 heterocycles. The third kappa shape index (κ3) is 4.26. The minimum absolute atomic E-state index is 0.178. The number of carbonyl (C=O) groups excluding carboxylic acids is 1. The van der Waals surface area contributed by atoms with E-state index in [1.165, 1.54) is 0 Å². The molecule has 0 fully saturated rings. The van der Waals surface area contributed by atoms with Gasteiger partial charge in [0, 0.05) is 17.3 Å². The van der Waals surface area contributed by atoms with Crippen molar-refractivity contribution in [2.45, 2.75) is 31.8 Å². The van der Waals surface area contributed by atoms with Gasteiger partial charge in [-0.05, 0) is 56.7 Å². The summed E-state index contributed by atoms with van der Waals surface area (Å²) in [6.45, 7) is 5.65. The number of rotatable bonds is 5. The van der Waals surface area contributed by atoms with Crippen LogP contribution in [0.1, 0.15) is 18.1 Å². The van der Waals surface area contributed by atoms with Gasteiger partial charge in [0.15, 0.2) is 6.10 Å². The standard InChI is InChI=1S/C26H24N4O4S/c1-16-8-13-23(17(2)14-16)34-18(3)26(31)27-20-11-9-19(10-12-20)22-15-25-28-21-6-4-5-7-24(21)35(32,33)30(25)29-22/h4-15,18,28H,1-3H3,(H,27,31). The molecule has 0 saturated heterocycles. The van der Waals surface area contributed by atoms with Gasteiger partial charge in [0.25, 0.3) is 15.9 Å². The van der Waals surface area contributed by atoms with Crippen molar-refractivity contribution in [3.8, 4) is 17.0 Å². The van der Waals surface area contributed by atoms with Crippen molar-refractivity contribution in [2.24, 2.45) is 0 Å². The van der Waals surface area contributed by atoms with Gasteiger partial charge in [-0.2, -0.15) is 13.5 Å². The normalized spacial score (nSPS) is 14.3. The van der Waals surface area contributed by atoms with E-state index in [1.54, 1.807) is 61.5 Å². The van der Waals surface area contributed by atoms with Crippen LogP contribution in [-0.4, -0.2) is 29.6 Å². The lowest BCUT2D eigenvalue weighted by molar-refractivity contribution is -0.122. The van der Waals surface area contributed by atoms with Crippen LogP contribution in [0.5, 0.6) is 5.75 Å². The summed E-state index contributed by atoms with van der Waals surface area (Å²) >= 11 is 0. The zero-order valence-electron chi connectivity index (χ0n) is 19.4. The second-order valence-corrected chi connectivity index (χ2v) is 10.2. The minimum atomic E-state index is -3.78. The number of nitrogens with one attached hydrogen (secondary N) is 2. The Balaban J connectivity index is 1.30. The number of hydrogen-bond donors (Lipinski definition) is 2. The van der Waals surface area contributed by atoms with Gasteiger partial charge >= 0.3 is 0 Å². The number of amides is 1. The Morgan fingerprint density at radius 3 is 2.51 bits per heavy atom. The largest absolute Gasteiger partial charge is 0.481 e. The first-order valence-corrected chi connectivity index (χ1v) is 12.5. The van der Waals surface area contributed by atoms with E-state index in [0.29, 0.717) is 34.2 Å². The molecule has 1 aliphatic rings. The molecule has 35 heavy (non-hydrogen) atoms. The molecule has 2 N–H and O–H groups in total. The van der Waals surface area contributed by atoms with Crippen LogP contribution in [0.2, 0.25) is 0 Å². The van der Waals surface area contributed by atoms with Crippen LogP contribution in [0.4, 0.5) is 17.2 Å². The van der Waals surface area contributed by atoms with E-state index >= 15 is 0 Å². The monoisotopic (exact) mass is 488 g/mol. The molecule has 0 radical (unpaired) electrons. The van der Waals surface area contributed by atoms with Crippen LogP contribution in [0.3, 0.4) is 0 Å². The summed E-state index contributed by atoms with van der Waals surface area (Å²) in [5.41, 5.74) is 4.41. The van der Waals surface area contributed by atoms with E-state index in [-0.39, 0.29) is 10.8 Å². The summed E-state index contributed by atoms with van der Waals surface area (Å²) in [7, 11) is -3.78. The molecular weight excluding hydrogens is 464 g/mol. The van der Waals surface area contributed by atoms with Gasteiger partial charge in [-0.3, -0.25) is 4.79 Å². The summed E-state index contributed by atoms with van der Waals surface area (Å²) in [5, 5.41) is 10.3. The van der Waals surface area contributed by atoms with Gasteiger partial charge in [-0.25, -0.2) is 0 Å². The average Bonchev–Trinajstić information content (AvgIpc) is 3.26. The van der Waals surface area contributed by atoms with Crippen molar-refractivity contribution < 1.29 is 17.9 Å². The molecule has 1 aliphatic heterocycles. The lowest BCUT2D eigenvalue weighted by atomic mass is 10.1. The minimum Gasteiger partial charge on any atom is -0.481 e. The number of hydrogen-bond acceptors (Lipinski definition) is 6. The predicted octanol–water partition coefficient (Wildman–Crippen LogP) is 4.87. The number of anilines is 3. The maximum atomic E-state index is 12.9. The highest BCUT2D eigenvalue weighted by atomic mass is 32.2. The average molecular weight is 489 g/mol. The highest BCUT2D eigenvalue weighted by molar-refractivity contribution is 7.90. The van der Waals surface area contributed by atoms with Gasteiger partial charge in [0.2, 0.25) is 0 Å². The zero-order valence-corrected chi connectivity index (χ0v) is 20.3. The molecule has 1 amide bonds. The highest BCUT2D eigenvalue weighted by Crippen LogP contribution is 2.35. The maximum Gasteiger partial charge on any atom is 0.286 e. The molecule has 3 aromatic carbocycles. The molecule has 178 valence electrons. The predicted molar refractivity (Wildman–Crippen MR) is 135 cm³/mol. The van der Waals surface area contributed by atoms with Crippen molar-refractivity contribution in [2.75, 3.05) is 10.6 Å². The Hall–Kier alpha value is -4.11. The second-order valence-electron chi connectivity index (χ2n) is 8.48. The molecule has 0 spiro atoms. The molecule has 0 bridgehead atoms. The number of aryl methyl sites for hydroxylation is 2. The Morgan fingerprint density at radius 2 is 1.77 bits per heavy atom. The molecule has 1 unspecified atom stereocenters. The smallest absolute Gasteiger partial charge is 0.286 e. The molecular formula is C26H24N4O4S. The lowest BCUT2D eigenvalue weighted by Crippen LogP contribution is -2.30. The first-order chi connectivity index (χ1) is 16.7. The molecule has 9 heteroatoms. The number of nitrogens with zero attached hydrogens (tertiary/aromatic N) is 2. The molecule has 0 aliphatic carbocycles. The van der Waals surface area contributed by atoms with E-state index in [4.69, 9.17) is 4.74 Å². The maximum absolute atomic E-state index is 12.9. The number of ether oxygens (including phenoxy) is 1. The van der Waals surface area contributed by atoms with Crippen LogP contribution in [0.15, 0.2) is 77.7 Å². The van der Waals surface area contributed by atoms with Gasteiger partial charge in [-0.1, -0.05) is 42.0 Å². The van der Waals surface area contributed by atoms with Crippen LogP contribution in [0.25, 0.3) is 11.3 Å². The van der Waals surface area contributed by atoms with Crippen molar-refractivity contribution in [1.82, 2.24) is 9.19 Å². The number of aromatic nitrogens is 2. The Labute approximate surface area is 203 Å². The van der Waals surface area contributed by atoms with Crippen LogP contribution in [0, 0.1) is 13.8 Å². The van der Waals surface area contributed by atoms with Crippen LogP contribution < -0.4 is 15.4 Å². The van der Waals surface area contributed by atoms with Crippen molar-refractivity contribution >= 4 is 33.1 Å². The summed E-state index contributed by atoms with van der Waals surface area (Å²) < 4.78 is 32.7. The van der Waals surface area contributed by atoms with Gasteiger partial charge < -0.3 is 15.4 Å². The number of carbonyl (C=O) groups is 1. The quantitative estimate of drug-likeness (QED) is 0.366. The lowest BCUT2D eigenvalue weighted by Gasteiger charge is -2.18. The summed E-state index contributed by atoms with van der Waals surface area (Å²) in [4.78, 5) is 12.8. The summed E-state index contributed by atoms with van der Waals surface area (Å²) in [6, 6.07) is 21.2. The highest BCUT2D eigenvalue weighted by Gasteiger charge is 2.30. The number of para-hydroxylation sites is 1. The van der Waals surface area contributed by atoms with Crippen LogP contribution in [-0.2, 0) is 14.8 Å². The van der Waals surface area contributed by atoms with Gasteiger partial charge in [0.05, 0.1) is 11.4 Å². The first-order valence-electron chi connectivity index (χ1n) is 11.1. The molecule has 0 saturated carbocycles. The van der Waals surface area contributed by atoms with E-state index in [0.717, 1.165) is 15.2 Å². The fraction of sp³-hybridized carbons (Fsp3) is 0.154. The summed E-state index contributed by atoms with van der Waals surface area (Å²) in [5.74, 6) is 0.764. The Morgan fingerprint density at radius 1 is 1.03 bits per heavy atom. The van der Waals surface area contributed by atoms with Gasteiger partial charge in [0.1, 0.15) is 16.5 Å². The second kappa shape index (κ2) is 8.59. The van der Waals surface area contributed by atoms with E-state index in [9.17, 15) is 13.2 Å². The molecule has 1 atom stereocenters. The van der Waals surface area contributed by atoms with Gasteiger partial charge in [-0.15, -0.1) is 4.09 Å². The van der Waals surface area contributed by atoms with Crippen molar-refractivity contribution in [3.63, 3.8) is 0 Å². The fourth-order valence-electron chi connectivity index (χ4n) is 3.94. The molecule has 8 nitrogen and oxygen atoms in total. The SMILES string of the molecule is Cc1ccc(OC(C)C(=O)Nc2ccc(-c3cc4n(n3)S(=O)(=O)c3ccccc3N4)cc2)c(C)c1. The fourth-order valence-corrected chi connectivity index (χ4v) is 5.33. The Kier molecular flexibility index (Phi) is 5.56. The zero-order chi connectivity index (χ0) is 24.7. The third-order valence-electron chi connectivity index (χ3n) is 5.79. The number of fused-ring (bicyclic) bond motifs is 2. The van der Waals surface area contributed by atoms with E-state index in [1.807, 2.05) is 32.0 Å². The molecule has 1 aromatic heterocycles. The van der Waals surface area contributed by atoms with Crippen molar-refractivity contribution in [3.05, 3.63) is 83.9 Å². The summed E-state index contributed by atoms with van der Waals surface area (Å²) in [6.07, 6.45) is -0.686. The first kappa shape index (κ1) is 22.7. The topological polar surface area (TPSA) is 102 Å². The van der Waals surface area contributed by atoms with E-state index < -0.39 is 16.1 Å². The Bertz CT molecular complexity index is 1540. The van der Waals surface area contributed by atoms with Crippen LogP contribution >= 0.6 is 0 Å².